The van der Waals surface area contributed by atoms with Gasteiger partial charge in [0, 0.05) is 11.6 Å². The number of rotatable bonds is 10. The van der Waals surface area contributed by atoms with Gasteiger partial charge in [0.2, 0.25) is 5.75 Å². The molecular weight excluding hydrogens is 551 g/mol. The monoisotopic (exact) mass is 585 g/mol. The Labute approximate surface area is 252 Å². The molecule has 0 unspecified atom stereocenters. The van der Waals surface area contributed by atoms with Crippen molar-refractivity contribution in [1.82, 2.24) is 0 Å². The first-order valence-electron chi connectivity index (χ1n) is 14.6. The molecule has 0 amide bonds. The molecule has 0 saturated heterocycles. The van der Waals surface area contributed by atoms with Crippen LogP contribution in [0, 0.1) is 0 Å². The molecule has 214 valence electrons. The molecule has 0 atom stereocenters. The van der Waals surface area contributed by atoms with Crippen molar-refractivity contribution in [3.63, 3.8) is 0 Å². The molecule has 5 heteroatoms. The van der Waals surface area contributed by atoms with E-state index in [0.29, 0.717) is 11.1 Å². The van der Waals surface area contributed by atoms with Gasteiger partial charge in [-0.3, -0.25) is 4.79 Å². The Morgan fingerprint density at radius 1 is 0.698 bits per heavy atom. The summed E-state index contributed by atoms with van der Waals surface area (Å²) in [6.07, 6.45) is 4.22. The molecule has 1 heterocycles. The minimum Gasteiger partial charge on any atom is -0.504 e. The summed E-state index contributed by atoms with van der Waals surface area (Å²) in [4.78, 5) is 12.8. The molecule has 5 aromatic carbocycles. The Bertz CT molecular complexity index is 1770. The zero-order chi connectivity index (χ0) is 29.6. The van der Waals surface area contributed by atoms with Gasteiger partial charge in [0.25, 0.3) is 0 Å². The number of hydrogen-bond donors (Lipinski definition) is 1. The first kappa shape index (κ1) is 28.5. The lowest BCUT2D eigenvalue weighted by Gasteiger charge is -2.27. The Kier molecular flexibility index (Phi) is 8.40. The SMILES string of the molecule is COc1c(O)ccc2c(=O)cc(-c3ccc(CCCC[P+](c4ccccc4)(c4ccccc4)c4ccccc4)cc3)oc12. The van der Waals surface area contributed by atoms with Gasteiger partial charge in [-0.25, -0.2) is 0 Å². The molecule has 1 aromatic heterocycles. The zero-order valence-electron chi connectivity index (χ0n) is 24.1. The van der Waals surface area contributed by atoms with Crippen molar-refractivity contribution in [3.8, 4) is 22.8 Å². The van der Waals surface area contributed by atoms with Gasteiger partial charge >= 0.3 is 0 Å². The third-order valence-electron chi connectivity index (χ3n) is 8.07. The van der Waals surface area contributed by atoms with Gasteiger partial charge in [-0.05, 0) is 73.4 Å². The summed E-state index contributed by atoms with van der Waals surface area (Å²) in [5.74, 6) is 0.536. The van der Waals surface area contributed by atoms with E-state index in [4.69, 9.17) is 9.15 Å². The maximum Gasteiger partial charge on any atom is 0.204 e. The fourth-order valence-electron chi connectivity index (χ4n) is 5.92. The second-order valence-electron chi connectivity index (χ2n) is 10.7. The molecular formula is C38H34O4P+. The van der Waals surface area contributed by atoms with Gasteiger partial charge in [0.15, 0.2) is 16.8 Å². The molecule has 0 aliphatic heterocycles. The van der Waals surface area contributed by atoms with E-state index in [2.05, 4.69) is 103 Å². The highest BCUT2D eigenvalue weighted by Gasteiger charge is 2.44. The standard InChI is InChI=1S/C38H33O4P/c1-41-38-34(39)25-24-33-35(40)27-36(42-37(33)38)29-22-20-28(21-23-29)13-11-12-26-43(30-14-5-2-6-15-30,31-16-7-3-8-17-31)32-18-9-4-10-19-32/h2-10,14-25,27H,11-13,26H2,1H3/p+1. The normalized spacial score (nSPS) is 11.5. The topological polar surface area (TPSA) is 59.7 Å². The third-order valence-corrected chi connectivity index (χ3v) is 12.6. The van der Waals surface area contributed by atoms with Crippen LogP contribution in [0.4, 0.5) is 0 Å². The largest absolute Gasteiger partial charge is 0.504 e. The van der Waals surface area contributed by atoms with Crippen molar-refractivity contribution in [3.05, 3.63) is 149 Å². The smallest absolute Gasteiger partial charge is 0.204 e. The first-order valence-corrected chi connectivity index (χ1v) is 16.6. The number of methoxy groups -OCH3 is 1. The van der Waals surface area contributed by atoms with Crippen LogP contribution in [0.1, 0.15) is 18.4 Å². The summed E-state index contributed by atoms with van der Waals surface area (Å²) in [5.41, 5.74) is 2.11. The van der Waals surface area contributed by atoms with E-state index >= 15 is 0 Å². The van der Waals surface area contributed by atoms with Crippen molar-refractivity contribution < 1.29 is 14.3 Å². The van der Waals surface area contributed by atoms with Gasteiger partial charge in [-0.15, -0.1) is 0 Å². The van der Waals surface area contributed by atoms with E-state index in [1.165, 1.54) is 40.7 Å². The average molecular weight is 586 g/mol. The molecule has 6 aromatic rings. The van der Waals surface area contributed by atoms with Crippen LogP contribution >= 0.6 is 7.26 Å². The molecule has 0 spiro atoms. The predicted molar refractivity (Wildman–Crippen MR) is 179 cm³/mol. The minimum atomic E-state index is -1.83. The molecule has 0 saturated carbocycles. The van der Waals surface area contributed by atoms with Gasteiger partial charge in [0.05, 0.1) is 18.7 Å². The maximum absolute atomic E-state index is 12.8. The van der Waals surface area contributed by atoms with Crippen molar-refractivity contribution in [2.45, 2.75) is 19.3 Å². The highest BCUT2D eigenvalue weighted by molar-refractivity contribution is 7.95. The lowest BCUT2D eigenvalue weighted by atomic mass is 10.0. The van der Waals surface area contributed by atoms with Crippen molar-refractivity contribution in [2.24, 2.45) is 0 Å². The van der Waals surface area contributed by atoms with E-state index in [-0.39, 0.29) is 22.5 Å². The summed E-state index contributed by atoms with van der Waals surface area (Å²) in [6.45, 7) is 0. The number of aryl methyl sites for hydroxylation is 1. The van der Waals surface area contributed by atoms with E-state index in [1.807, 2.05) is 12.1 Å². The van der Waals surface area contributed by atoms with Crippen LogP contribution in [0.15, 0.2) is 143 Å². The lowest BCUT2D eigenvalue weighted by molar-refractivity contribution is 0.371. The molecule has 0 bridgehead atoms. The number of aromatic hydroxyl groups is 1. The molecule has 0 fully saturated rings. The van der Waals surface area contributed by atoms with Crippen LogP contribution < -0.4 is 26.1 Å². The lowest BCUT2D eigenvalue weighted by Crippen LogP contribution is -2.33. The summed E-state index contributed by atoms with van der Waals surface area (Å²) in [7, 11) is -0.382. The third kappa shape index (κ3) is 5.71. The highest BCUT2D eigenvalue weighted by Crippen LogP contribution is 2.56. The van der Waals surface area contributed by atoms with Gasteiger partial charge in [-0.1, -0.05) is 78.9 Å². The Balaban J connectivity index is 1.22. The van der Waals surface area contributed by atoms with Crippen LogP contribution in [-0.2, 0) is 6.42 Å². The second-order valence-corrected chi connectivity index (χ2v) is 14.3. The number of fused-ring (bicyclic) bond motifs is 1. The average Bonchev–Trinajstić information content (AvgIpc) is 3.06. The van der Waals surface area contributed by atoms with E-state index < -0.39 is 7.26 Å². The van der Waals surface area contributed by atoms with Crippen molar-refractivity contribution in [2.75, 3.05) is 13.3 Å². The molecule has 0 aliphatic carbocycles. The molecule has 4 nitrogen and oxygen atoms in total. The predicted octanol–water partition coefficient (Wildman–Crippen LogP) is 7.49. The van der Waals surface area contributed by atoms with Crippen LogP contribution in [0.2, 0.25) is 0 Å². The fraction of sp³-hybridized carbons (Fsp3) is 0.132. The highest BCUT2D eigenvalue weighted by atomic mass is 31.2. The Morgan fingerprint density at radius 2 is 1.26 bits per heavy atom. The maximum atomic E-state index is 12.8. The van der Waals surface area contributed by atoms with E-state index in [1.54, 1.807) is 6.07 Å². The summed E-state index contributed by atoms with van der Waals surface area (Å²) < 4.78 is 11.4. The molecule has 1 N–H and O–H groups in total. The number of phenolic OH excluding ortho intramolecular Hbond substituents is 1. The van der Waals surface area contributed by atoms with Crippen molar-refractivity contribution >= 4 is 34.1 Å². The van der Waals surface area contributed by atoms with Crippen LogP contribution in [0.5, 0.6) is 11.5 Å². The van der Waals surface area contributed by atoms with E-state index in [0.717, 1.165) is 31.0 Å². The minimum absolute atomic E-state index is 0.0658. The van der Waals surface area contributed by atoms with Gasteiger partial charge in [-0.2, -0.15) is 0 Å². The molecule has 6 rings (SSSR count). The van der Waals surface area contributed by atoms with E-state index in [9.17, 15) is 9.90 Å². The number of benzene rings is 5. The quantitative estimate of drug-likeness (QED) is 0.134. The summed E-state index contributed by atoms with van der Waals surface area (Å²) in [5, 5.41) is 14.8. The van der Waals surface area contributed by atoms with Crippen molar-refractivity contribution in [1.29, 1.82) is 0 Å². The second kappa shape index (κ2) is 12.7. The zero-order valence-corrected chi connectivity index (χ0v) is 25.0. The molecule has 0 aliphatic rings. The fourth-order valence-corrected chi connectivity index (χ4v) is 10.3. The van der Waals surface area contributed by atoms with Gasteiger partial charge in [0.1, 0.15) is 28.9 Å². The van der Waals surface area contributed by atoms with Crippen LogP contribution in [0.25, 0.3) is 22.3 Å². The number of hydrogen-bond acceptors (Lipinski definition) is 4. The molecule has 43 heavy (non-hydrogen) atoms. The Morgan fingerprint density at radius 3 is 1.79 bits per heavy atom. The number of phenols is 1. The summed E-state index contributed by atoms with van der Waals surface area (Å²) >= 11 is 0. The summed E-state index contributed by atoms with van der Waals surface area (Å²) in [6, 6.07) is 45.7. The first-order chi connectivity index (χ1) is 21.1. The van der Waals surface area contributed by atoms with Gasteiger partial charge < -0.3 is 14.3 Å². The number of ether oxygens (including phenoxy) is 1. The number of unbranched alkanes of at least 4 members (excludes halogenated alkanes) is 1. The van der Waals surface area contributed by atoms with Crippen LogP contribution in [0.3, 0.4) is 0 Å². The van der Waals surface area contributed by atoms with Crippen LogP contribution in [-0.4, -0.2) is 18.4 Å². The Hall–Kier alpha value is -4.66. The molecule has 0 radical (unpaired) electrons.